The van der Waals surface area contributed by atoms with Crippen molar-refractivity contribution in [3.63, 3.8) is 0 Å². The van der Waals surface area contributed by atoms with E-state index < -0.39 is 0 Å². The molecule has 0 amide bonds. The first kappa shape index (κ1) is 12.9. The van der Waals surface area contributed by atoms with Gasteiger partial charge in [0.2, 0.25) is 0 Å². The largest absolute Gasteiger partial charge is 0.318 e. The van der Waals surface area contributed by atoms with Crippen LogP contribution in [0.3, 0.4) is 0 Å². The summed E-state index contributed by atoms with van der Waals surface area (Å²) in [6, 6.07) is 0.686. The zero-order valence-corrected chi connectivity index (χ0v) is 11.0. The Morgan fingerprint density at radius 3 is 2.40 bits per heavy atom. The quantitative estimate of drug-likeness (QED) is 0.755. The predicted octanol–water partition coefficient (Wildman–Crippen LogP) is 1.01. The second-order valence-electron chi connectivity index (χ2n) is 5.61. The summed E-state index contributed by atoms with van der Waals surface area (Å²) in [7, 11) is 2.02. The summed E-state index contributed by atoms with van der Waals surface area (Å²) in [5.74, 6) is 0. The maximum absolute atomic E-state index is 3.22. The zero-order chi connectivity index (χ0) is 11.5. The van der Waals surface area contributed by atoms with Gasteiger partial charge in [0.05, 0.1) is 0 Å². The van der Waals surface area contributed by atoms with Gasteiger partial charge in [-0.2, -0.15) is 0 Å². The Kier molecular flexibility index (Phi) is 4.56. The van der Waals surface area contributed by atoms with E-state index >= 15 is 0 Å². The maximum atomic E-state index is 3.22. The average Bonchev–Trinajstić information content (AvgIpc) is 2.14. The van der Waals surface area contributed by atoms with Gasteiger partial charge >= 0.3 is 0 Å². The van der Waals surface area contributed by atoms with Crippen LogP contribution < -0.4 is 5.32 Å². The minimum absolute atomic E-state index is 0.323. The van der Waals surface area contributed by atoms with Gasteiger partial charge in [-0.1, -0.05) is 0 Å². The molecule has 0 aromatic rings. The molecule has 3 nitrogen and oxygen atoms in total. The van der Waals surface area contributed by atoms with Gasteiger partial charge in [-0.25, -0.2) is 0 Å². The second-order valence-corrected chi connectivity index (χ2v) is 5.61. The number of nitrogens with one attached hydrogen (secondary N) is 1. The van der Waals surface area contributed by atoms with Crippen molar-refractivity contribution in [1.82, 2.24) is 15.1 Å². The number of hydrogen-bond acceptors (Lipinski definition) is 3. The molecule has 0 aliphatic carbocycles. The van der Waals surface area contributed by atoms with Crippen LogP contribution in [0.15, 0.2) is 0 Å². The molecule has 1 fully saturated rings. The summed E-state index contributed by atoms with van der Waals surface area (Å²) < 4.78 is 0. The zero-order valence-electron chi connectivity index (χ0n) is 11.0. The van der Waals surface area contributed by atoms with Crippen molar-refractivity contribution >= 4 is 0 Å². The molecule has 0 aromatic heterocycles. The van der Waals surface area contributed by atoms with E-state index in [4.69, 9.17) is 0 Å². The van der Waals surface area contributed by atoms with Crippen LogP contribution in [0.4, 0.5) is 0 Å². The topological polar surface area (TPSA) is 18.5 Å². The van der Waals surface area contributed by atoms with E-state index in [-0.39, 0.29) is 0 Å². The molecule has 1 heterocycles. The van der Waals surface area contributed by atoms with E-state index in [0.717, 1.165) is 6.54 Å². The second kappa shape index (κ2) is 5.28. The Morgan fingerprint density at radius 1 is 1.27 bits per heavy atom. The summed E-state index contributed by atoms with van der Waals surface area (Å²) in [6.45, 7) is 15.2. The van der Waals surface area contributed by atoms with Gasteiger partial charge in [0.15, 0.2) is 0 Å². The Balaban J connectivity index is 2.41. The number of nitrogens with zero attached hydrogens (tertiary/aromatic N) is 2. The third-order valence-electron chi connectivity index (χ3n) is 3.36. The Labute approximate surface area is 94.8 Å². The van der Waals surface area contributed by atoms with Gasteiger partial charge in [0.1, 0.15) is 0 Å². The van der Waals surface area contributed by atoms with Crippen LogP contribution in [0.2, 0.25) is 0 Å². The van der Waals surface area contributed by atoms with Crippen molar-refractivity contribution in [2.75, 3.05) is 39.8 Å². The van der Waals surface area contributed by atoms with E-state index in [0.29, 0.717) is 11.6 Å². The average molecular weight is 213 g/mol. The lowest BCUT2D eigenvalue weighted by Gasteiger charge is -2.45. The van der Waals surface area contributed by atoms with Gasteiger partial charge in [-0.15, -0.1) is 0 Å². The molecular weight excluding hydrogens is 186 g/mol. The highest BCUT2D eigenvalue weighted by Gasteiger charge is 2.29. The first-order valence-corrected chi connectivity index (χ1v) is 6.09. The molecule has 1 saturated heterocycles. The van der Waals surface area contributed by atoms with Crippen molar-refractivity contribution in [3.8, 4) is 0 Å². The van der Waals surface area contributed by atoms with E-state index in [1.165, 1.54) is 26.2 Å². The first-order chi connectivity index (χ1) is 6.95. The van der Waals surface area contributed by atoms with E-state index in [1.807, 2.05) is 7.05 Å². The van der Waals surface area contributed by atoms with Gasteiger partial charge in [-0.3, -0.25) is 9.80 Å². The molecule has 1 unspecified atom stereocenters. The predicted molar refractivity (Wildman–Crippen MR) is 66.3 cm³/mol. The third kappa shape index (κ3) is 3.74. The summed E-state index contributed by atoms with van der Waals surface area (Å²) >= 11 is 0. The molecule has 15 heavy (non-hydrogen) atoms. The van der Waals surface area contributed by atoms with Gasteiger partial charge in [-0.05, 0) is 34.7 Å². The molecule has 1 N–H and O–H groups in total. The lowest BCUT2D eigenvalue weighted by atomic mass is 10.0. The highest BCUT2D eigenvalue weighted by Crippen LogP contribution is 2.18. The molecule has 3 heteroatoms. The summed E-state index contributed by atoms with van der Waals surface area (Å²) in [6.07, 6.45) is 0. The number of hydrogen-bond donors (Lipinski definition) is 1. The van der Waals surface area contributed by atoms with Gasteiger partial charge in [0, 0.05) is 44.3 Å². The van der Waals surface area contributed by atoms with Crippen LogP contribution in [0.1, 0.15) is 27.7 Å². The number of piperazine rings is 1. The lowest BCUT2D eigenvalue weighted by molar-refractivity contribution is 0.0293. The molecule has 90 valence electrons. The summed E-state index contributed by atoms with van der Waals surface area (Å²) in [5, 5.41) is 3.22. The molecule has 1 aliphatic heterocycles. The van der Waals surface area contributed by atoms with E-state index in [9.17, 15) is 0 Å². The van der Waals surface area contributed by atoms with E-state index in [2.05, 4.69) is 42.8 Å². The number of likely N-dealkylation sites (N-methyl/N-ethyl adjacent to an activating group) is 1. The fraction of sp³-hybridized carbons (Fsp3) is 1.00. The minimum atomic E-state index is 0.323. The number of rotatable bonds is 3. The van der Waals surface area contributed by atoms with Gasteiger partial charge < -0.3 is 5.32 Å². The molecule has 1 atom stereocenters. The van der Waals surface area contributed by atoms with Crippen molar-refractivity contribution in [2.24, 2.45) is 0 Å². The standard InChI is InChI=1S/C12H27N3/c1-11-10-15(12(2,3)4)9-8-14(11)7-6-13-5/h11,13H,6-10H2,1-5H3. The third-order valence-corrected chi connectivity index (χ3v) is 3.36. The molecule has 0 bridgehead atoms. The molecule has 0 saturated carbocycles. The monoisotopic (exact) mass is 213 g/mol. The molecule has 1 aliphatic rings. The highest BCUT2D eigenvalue weighted by molar-refractivity contribution is 4.86. The molecular formula is C12H27N3. The Hall–Kier alpha value is -0.120. The van der Waals surface area contributed by atoms with Crippen LogP contribution in [-0.2, 0) is 0 Å². The highest BCUT2D eigenvalue weighted by atomic mass is 15.3. The fourth-order valence-corrected chi connectivity index (χ4v) is 2.19. The Bertz CT molecular complexity index is 186. The Morgan fingerprint density at radius 2 is 1.93 bits per heavy atom. The normalized spacial score (nSPS) is 25.8. The van der Waals surface area contributed by atoms with Gasteiger partial charge in [0.25, 0.3) is 0 Å². The van der Waals surface area contributed by atoms with Crippen molar-refractivity contribution in [1.29, 1.82) is 0 Å². The van der Waals surface area contributed by atoms with Crippen molar-refractivity contribution < 1.29 is 0 Å². The van der Waals surface area contributed by atoms with Crippen LogP contribution >= 0.6 is 0 Å². The SMILES string of the molecule is CNCCN1CCN(C(C)(C)C)CC1C. The minimum Gasteiger partial charge on any atom is -0.318 e. The maximum Gasteiger partial charge on any atom is 0.0196 e. The first-order valence-electron chi connectivity index (χ1n) is 6.09. The van der Waals surface area contributed by atoms with Crippen molar-refractivity contribution in [2.45, 2.75) is 39.3 Å². The molecule has 0 aromatic carbocycles. The smallest absolute Gasteiger partial charge is 0.0196 e. The fourth-order valence-electron chi connectivity index (χ4n) is 2.19. The van der Waals surface area contributed by atoms with Crippen LogP contribution in [0.25, 0.3) is 0 Å². The van der Waals surface area contributed by atoms with Crippen molar-refractivity contribution in [3.05, 3.63) is 0 Å². The summed E-state index contributed by atoms with van der Waals surface area (Å²) in [5.41, 5.74) is 0.323. The summed E-state index contributed by atoms with van der Waals surface area (Å²) in [4.78, 5) is 5.17. The molecule has 0 spiro atoms. The molecule has 0 radical (unpaired) electrons. The van der Waals surface area contributed by atoms with Crippen LogP contribution in [0.5, 0.6) is 0 Å². The van der Waals surface area contributed by atoms with Crippen LogP contribution in [0, 0.1) is 0 Å². The lowest BCUT2D eigenvalue weighted by Crippen LogP contribution is -2.57. The van der Waals surface area contributed by atoms with Crippen LogP contribution in [-0.4, -0.2) is 61.2 Å². The molecule has 1 rings (SSSR count). The van der Waals surface area contributed by atoms with E-state index in [1.54, 1.807) is 0 Å².